The van der Waals surface area contributed by atoms with Gasteiger partial charge in [0.1, 0.15) is 6.04 Å². The molecule has 2 aliphatic heterocycles. The number of methoxy groups -OCH3 is 1. The normalized spacial score (nSPS) is 27.1. The molecule has 1 atom stereocenters. The van der Waals surface area contributed by atoms with Crippen LogP contribution >= 0.6 is 0 Å². The predicted octanol–water partition coefficient (Wildman–Crippen LogP) is 0.133. The van der Waals surface area contributed by atoms with Crippen LogP contribution in [0.4, 0.5) is 0 Å². The van der Waals surface area contributed by atoms with Crippen LogP contribution in [-0.2, 0) is 14.3 Å². The van der Waals surface area contributed by atoms with Crippen molar-refractivity contribution in [2.45, 2.75) is 18.9 Å². The zero-order chi connectivity index (χ0) is 10.1. The first-order valence-corrected chi connectivity index (χ1v) is 4.79. The van der Waals surface area contributed by atoms with E-state index in [0.29, 0.717) is 12.0 Å². The van der Waals surface area contributed by atoms with E-state index in [1.54, 1.807) is 0 Å². The Balaban J connectivity index is 2.27. The highest BCUT2D eigenvalue weighted by Crippen LogP contribution is 2.25. The van der Waals surface area contributed by atoms with Gasteiger partial charge in [-0.2, -0.15) is 0 Å². The second-order valence-corrected chi connectivity index (χ2v) is 3.59. The summed E-state index contributed by atoms with van der Waals surface area (Å²) in [5.41, 5.74) is 0.529. The second-order valence-electron chi connectivity index (χ2n) is 3.59. The van der Waals surface area contributed by atoms with E-state index in [2.05, 4.69) is 9.64 Å². The number of hydrogen-bond donors (Lipinski definition) is 0. The third-order valence-corrected chi connectivity index (χ3v) is 2.81. The SMILES string of the molecule is COC(=O)C1=CCCN2CCC(=O)C12. The lowest BCUT2D eigenvalue weighted by molar-refractivity contribution is -0.138. The Bertz CT molecular complexity index is 308. The lowest BCUT2D eigenvalue weighted by atomic mass is 9.99. The molecule has 2 rings (SSSR count). The van der Waals surface area contributed by atoms with E-state index in [0.717, 1.165) is 19.5 Å². The summed E-state index contributed by atoms with van der Waals surface area (Å²) in [6.07, 6.45) is 3.21. The molecule has 0 radical (unpaired) electrons. The molecule has 1 fully saturated rings. The van der Waals surface area contributed by atoms with Gasteiger partial charge in [0.05, 0.1) is 12.7 Å². The topological polar surface area (TPSA) is 46.6 Å². The van der Waals surface area contributed by atoms with Crippen molar-refractivity contribution in [1.82, 2.24) is 4.90 Å². The molecule has 1 unspecified atom stereocenters. The van der Waals surface area contributed by atoms with Crippen molar-refractivity contribution in [3.05, 3.63) is 11.6 Å². The van der Waals surface area contributed by atoms with Crippen LogP contribution < -0.4 is 0 Å². The highest BCUT2D eigenvalue weighted by molar-refractivity contribution is 6.01. The van der Waals surface area contributed by atoms with Gasteiger partial charge in [0.15, 0.2) is 5.78 Å². The van der Waals surface area contributed by atoms with Crippen LogP contribution in [0.3, 0.4) is 0 Å². The van der Waals surface area contributed by atoms with Gasteiger partial charge in [0.2, 0.25) is 0 Å². The maximum absolute atomic E-state index is 11.5. The van der Waals surface area contributed by atoms with E-state index < -0.39 is 0 Å². The van der Waals surface area contributed by atoms with Crippen LogP contribution in [0, 0.1) is 0 Å². The molecule has 0 aromatic carbocycles. The molecule has 0 spiro atoms. The Morgan fingerprint density at radius 1 is 1.57 bits per heavy atom. The van der Waals surface area contributed by atoms with Crippen molar-refractivity contribution >= 4 is 11.8 Å². The van der Waals surface area contributed by atoms with Gasteiger partial charge >= 0.3 is 5.97 Å². The minimum atomic E-state index is -0.366. The van der Waals surface area contributed by atoms with E-state index in [-0.39, 0.29) is 17.8 Å². The number of esters is 1. The van der Waals surface area contributed by atoms with Gasteiger partial charge in [-0.25, -0.2) is 4.79 Å². The fourth-order valence-electron chi connectivity index (χ4n) is 2.14. The molecular weight excluding hydrogens is 182 g/mol. The first-order valence-electron chi connectivity index (χ1n) is 4.79. The molecule has 2 aliphatic rings. The fraction of sp³-hybridized carbons (Fsp3) is 0.600. The average Bonchev–Trinajstić information content (AvgIpc) is 2.59. The van der Waals surface area contributed by atoms with Crippen LogP contribution in [-0.4, -0.2) is 42.9 Å². The molecule has 1 saturated heterocycles. The molecule has 4 heteroatoms. The zero-order valence-electron chi connectivity index (χ0n) is 8.16. The summed E-state index contributed by atoms with van der Waals surface area (Å²) in [5, 5.41) is 0. The van der Waals surface area contributed by atoms with Crippen molar-refractivity contribution in [2.75, 3.05) is 20.2 Å². The van der Waals surface area contributed by atoms with Gasteiger partial charge in [-0.05, 0) is 6.42 Å². The van der Waals surface area contributed by atoms with Gasteiger partial charge in [-0.15, -0.1) is 0 Å². The van der Waals surface area contributed by atoms with E-state index in [9.17, 15) is 9.59 Å². The van der Waals surface area contributed by atoms with E-state index in [1.807, 2.05) is 6.08 Å². The molecule has 14 heavy (non-hydrogen) atoms. The van der Waals surface area contributed by atoms with Crippen LogP contribution in [0.15, 0.2) is 11.6 Å². The summed E-state index contributed by atoms with van der Waals surface area (Å²) in [5.74, 6) is -0.226. The summed E-state index contributed by atoms with van der Waals surface area (Å²) in [6, 6.07) is -0.323. The second kappa shape index (κ2) is 3.53. The highest BCUT2D eigenvalue weighted by Gasteiger charge is 2.39. The largest absolute Gasteiger partial charge is 0.466 e. The molecule has 0 bridgehead atoms. The number of carbonyl (C=O) groups is 2. The molecule has 0 aromatic rings. The van der Waals surface area contributed by atoms with Crippen LogP contribution in [0.5, 0.6) is 0 Å². The molecule has 2 heterocycles. The summed E-state index contributed by atoms with van der Waals surface area (Å²) >= 11 is 0. The summed E-state index contributed by atoms with van der Waals surface area (Å²) in [7, 11) is 1.35. The smallest absolute Gasteiger partial charge is 0.335 e. The fourth-order valence-corrected chi connectivity index (χ4v) is 2.14. The zero-order valence-corrected chi connectivity index (χ0v) is 8.16. The quantitative estimate of drug-likeness (QED) is 0.558. The average molecular weight is 195 g/mol. The number of nitrogens with zero attached hydrogens (tertiary/aromatic N) is 1. The van der Waals surface area contributed by atoms with Gasteiger partial charge in [-0.3, -0.25) is 9.69 Å². The third-order valence-electron chi connectivity index (χ3n) is 2.81. The molecule has 0 amide bonds. The van der Waals surface area contributed by atoms with Crippen molar-refractivity contribution in [1.29, 1.82) is 0 Å². The molecule has 0 saturated carbocycles. The lowest BCUT2D eigenvalue weighted by Crippen LogP contribution is -2.40. The van der Waals surface area contributed by atoms with Gasteiger partial charge in [-0.1, -0.05) is 6.08 Å². The number of hydrogen-bond acceptors (Lipinski definition) is 4. The van der Waals surface area contributed by atoms with Crippen LogP contribution in [0.25, 0.3) is 0 Å². The molecule has 0 aromatic heterocycles. The number of rotatable bonds is 1. The Morgan fingerprint density at radius 2 is 2.36 bits per heavy atom. The molecule has 0 N–H and O–H groups in total. The van der Waals surface area contributed by atoms with Gasteiger partial charge < -0.3 is 4.74 Å². The highest BCUT2D eigenvalue weighted by atomic mass is 16.5. The molecule has 76 valence electrons. The first-order chi connectivity index (χ1) is 6.74. The van der Waals surface area contributed by atoms with E-state index in [4.69, 9.17) is 0 Å². The number of ketones is 1. The maximum Gasteiger partial charge on any atom is 0.335 e. The molecule has 4 nitrogen and oxygen atoms in total. The number of fused-ring (bicyclic) bond motifs is 1. The molecule has 0 aliphatic carbocycles. The van der Waals surface area contributed by atoms with E-state index in [1.165, 1.54) is 7.11 Å². The number of carbonyl (C=O) groups excluding carboxylic acids is 2. The van der Waals surface area contributed by atoms with Crippen molar-refractivity contribution in [3.63, 3.8) is 0 Å². The summed E-state index contributed by atoms with van der Waals surface area (Å²) < 4.78 is 4.66. The Hall–Kier alpha value is -1.16. The summed E-state index contributed by atoms with van der Waals surface area (Å²) in [6.45, 7) is 1.65. The van der Waals surface area contributed by atoms with Crippen molar-refractivity contribution < 1.29 is 14.3 Å². The Labute approximate surface area is 82.5 Å². The van der Waals surface area contributed by atoms with Gasteiger partial charge in [0, 0.05) is 19.5 Å². The summed E-state index contributed by atoms with van der Waals surface area (Å²) in [4.78, 5) is 25.0. The predicted molar refractivity (Wildman–Crippen MR) is 49.7 cm³/mol. The number of Topliss-reactive ketones (excluding diaryl/α,β-unsaturated/α-hetero) is 1. The van der Waals surface area contributed by atoms with Crippen molar-refractivity contribution in [2.24, 2.45) is 0 Å². The lowest BCUT2D eigenvalue weighted by Gasteiger charge is -2.27. The van der Waals surface area contributed by atoms with Gasteiger partial charge in [0.25, 0.3) is 0 Å². The monoisotopic (exact) mass is 195 g/mol. The molecular formula is C10H13NO3. The Morgan fingerprint density at radius 3 is 3.07 bits per heavy atom. The van der Waals surface area contributed by atoms with E-state index >= 15 is 0 Å². The minimum Gasteiger partial charge on any atom is -0.466 e. The minimum absolute atomic E-state index is 0.140. The standard InChI is InChI=1S/C10H13NO3/c1-14-10(13)7-3-2-5-11-6-4-8(12)9(7)11/h3,9H,2,4-6H2,1H3. The van der Waals surface area contributed by atoms with Crippen LogP contribution in [0.2, 0.25) is 0 Å². The Kier molecular flexibility index (Phi) is 2.37. The maximum atomic E-state index is 11.5. The van der Waals surface area contributed by atoms with Crippen LogP contribution in [0.1, 0.15) is 12.8 Å². The number of ether oxygens (including phenoxy) is 1. The first kappa shape index (κ1) is 9.40. The van der Waals surface area contributed by atoms with Crippen molar-refractivity contribution in [3.8, 4) is 0 Å². The third kappa shape index (κ3) is 1.35.